The lowest BCUT2D eigenvalue weighted by Crippen LogP contribution is -2.29. The first kappa shape index (κ1) is 17.6. The zero-order valence-electron chi connectivity index (χ0n) is 15.4. The van der Waals surface area contributed by atoms with E-state index in [4.69, 9.17) is 11.6 Å². The molecule has 2 aromatic carbocycles. The molecule has 1 aliphatic heterocycles. The third-order valence-corrected chi connectivity index (χ3v) is 5.45. The molecule has 0 saturated carbocycles. The van der Waals surface area contributed by atoms with Gasteiger partial charge >= 0.3 is 0 Å². The molecule has 2 aromatic heterocycles. The molecule has 0 radical (unpaired) electrons. The van der Waals surface area contributed by atoms with Crippen LogP contribution >= 0.6 is 11.6 Å². The van der Waals surface area contributed by atoms with Crippen LogP contribution in [0.25, 0.3) is 11.3 Å². The van der Waals surface area contributed by atoms with Crippen LogP contribution in [0.1, 0.15) is 33.2 Å². The molecule has 1 unspecified atom stereocenters. The Hall–Kier alpha value is -3.44. The van der Waals surface area contributed by atoms with Gasteiger partial charge in [0.25, 0.3) is 5.91 Å². The molecule has 1 atom stereocenters. The van der Waals surface area contributed by atoms with Crippen molar-refractivity contribution in [2.45, 2.75) is 12.6 Å². The van der Waals surface area contributed by atoms with Crippen molar-refractivity contribution in [2.75, 3.05) is 0 Å². The van der Waals surface area contributed by atoms with Crippen molar-refractivity contribution in [3.8, 4) is 11.3 Å². The van der Waals surface area contributed by atoms with Crippen LogP contribution in [0.4, 0.5) is 0 Å². The molecule has 6 heteroatoms. The number of hydrogen-bond acceptors (Lipinski definition) is 3. The van der Waals surface area contributed by atoms with Gasteiger partial charge in [0.2, 0.25) is 0 Å². The fourth-order valence-corrected chi connectivity index (χ4v) is 3.98. The molecule has 3 heterocycles. The fraction of sp³-hybridized carbons (Fsp3) is 0.0870. The molecule has 0 aliphatic carbocycles. The third kappa shape index (κ3) is 3.09. The summed E-state index contributed by atoms with van der Waals surface area (Å²) in [7, 11) is 0. The number of carbonyl (C=O) groups excluding carboxylic acids is 1. The van der Waals surface area contributed by atoms with Crippen molar-refractivity contribution >= 4 is 17.5 Å². The van der Waals surface area contributed by atoms with Gasteiger partial charge in [0.15, 0.2) is 0 Å². The first-order chi connectivity index (χ1) is 14.2. The number of amides is 1. The van der Waals surface area contributed by atoms with Crippen molar-refractivity contribution in [3.63, 3.8) is 0 Å². The highest BCUT2D eigenvalue weighted by atomic mass is 35.5. The number of halogens is 1. The van der Waals surface area contributed by atoms with Crippen molar-refractivity contribution in [3.05, 3.63) is 107 Å². The number of nitrogens with zero attached hydrogens (tertiary/aromatic N) is 3. The van der Waals surface area contributed by atoms with Crippen LogP contribution in [0.15, 0.2) is 79.1 Å². The average molecular weight is 401 g/mol. The number of rotatable bonds is 4. The van der Waals surface area contributed by atoms with Gasteiger partial charge in [-0.15, -0.1) is 0 Å². The molecule has 0 saturated heterocycles. The van der Waals surface area contributed by atoms with E-state index in [-0.39, 0.29) is 11.9 Å². The van der Waals surface area contributed by atoms with Gasteiger partial charge in [0, 0.05) is 35.1 Å². The molecule has 0 bridgehead atoms. The Morgan fingerprint density at radius 3 is 2.41 bits per heavy atom. The van der Waals surface area contributed by atoms with Crippen LogP contribution in [0.5, 0.6) is 0 Å². The average Bonchev–Trinajstić information content (AvgIpc) is 3.30. The summed E-state index contributed by atoms with van der Waals surface area (Å²) < 4.78 is 0. The second-order valence-corrected chi connectivity index (χ2v) is 7.41. The van der Waals surface area contributed by atoms with Crippen molar-refractivity contribution < 1.29 is 4.79 Å². The standard InChI is InChI=1S/C23H17ClN4O/c24-18-8-6-16(7-9-18)20-19-21(27-26-20)23(29)28(14-15-10-12-25-13-11-15)22(19)17-4-2-1-3-5-17/h1-13,22H,14H2,(H,26,27). The maximum atomic E-state index is 13.3. The minimum atomic E-state index is -0.226. The topological polar surface area (TPSA) is 61.9 Å². The van der Waals surface area contributed by atoms with Gasteiger partial charge in [-0.25, -0.2) is 0 Å². The van der Waals surface area contributed by atoms with Crippen LogP contribution in [0.2, 0.25) is 5.02 Å². The molecule has 1 amide bonds. The number of benzene rings is 2. The molecule has 4 aromatic rings. The Kier molecular flexibility index (Phi) is 4.37. The maximum Gasteiger partial charge on any atom is 0.273 e. The first-order valence-corrected chi connectivity index (χ1v) is 9.69. The summed E-state index contributed by atoms with van der Waals surface area (Å²) in [5.41, 5.74) is 5.21. The fourth-order valence-electron chi connectivity index (χ4n) is 3.85. The van der Waals surface area contributed by atoms with Gasteiger partial charge in [-0.3, -0.25) is 14.9 Å². The Morgan fingerprint density at radius 2 is 1.69 bits per heavy atom. The monoisotopic (exact) mass is 400 g/mol. The molecule has 1 aliphatic rings. The summed E-state index contributed by atoms with van der Waals surface area (Å²) in [5, 5.41) is 8.12. The zero-order valence-corrected chi connectivity index (χ0v) is 16.2. The van der Waals surface area contributed by atoms with Crippen LogP contribution in [0, 0.1) is 0 Å². The third-order valence-electron chi connectivity index (χ3n) is 5.20. The van der Waals surface area contributed by atoms with E-state index in [0.29, 0.717) is 17.3 Å². The van der Waals surface area contributed by atoms with E-state index in [0.717, 1.165) is 27.9 Å². The minimum absolute atomic E-state index is 0.0571. The van der Waals surface area contributed by atoms with E-state index >= 15 is 0 Å². The Morgan fingerprint density at radius 1 is 0.966 bits per heavy atom. The van der Waals surface area contributed by atoms with E-state index in [1.165, 1.54) is 0 Å². The predicted molar refractivity (Wildman–Crippen MR) is 111 cm³/mol. The predicted octanol–water partition coefficient (Wildman–Crippen LogP) is 4.87. The highest BCUT2D eigenvalue weighted by Crippen LogP contribution is 2.43. The normalized spacial score (nSPS) is 15.6. The molecular weight excluding hydrogens is 384 g/mol. The van der Waals surface area contributed by atoms with E-state index in [9.17, 15) is 4.79 Å². The van der Waals surface area contributed by atoms with Gasteiger partial charge in [-0.1, -0.05) is 54.1 Å². The smallest absolute Gasteiger partial charge is 0.273 e. The van der Waals surface area contributed by atoms with Crippen molar-refractivity contribution in [1.82, 2.24) is 20.1 Å². The number of hydrogen-bond donors (Lipinski definition) is 1. The van der Waals surface area contributed by atoms with Crippen LogP contribution in [-0.2, 0) is 6.54 Å². The Balaban J connectivity index is 1.64. The number of H-pyrrole nitrogens is 1. The second-order valence-electron chi connectivity index (χ2n) is 6.97. The highest BCUT2D eigenvalue weighted by Gasteiger charge is 2.42. The summed E-state index contributed by atoms with van der Waals surface area (Å²) in [5.74, 6) is -0.0571. The molecule has 142 valence electrons. The van der Waals surface area contributed by atoms with Gasteiger partial charge in [-0.05, 0) is 35.4 Å². The SMILES string of the molecule is O=C1c2[nH]nc(-c3ccc(Cl)cc3)c2C(c2ccccc2)N1Cc1ccncc1. The summed E-state index contributed by atoms with van der Waals surface area (Å²) >= 11 is 6.06. The van der Waals surface area contributed by atoms with Gasteiger partial charge < -0.3 is 4.90 Å². The van der Waals surface area contributed by atoms with Crippen LogP contribution in [0.3, 0.4) is 0 Å². The maximum absolute atomic E-state index is 13.3. The van der Waals surface area contributed by atoms with E-state index in [1.807, 2.05) is 71.6 Å². The zero-order chi connectivity index (χ0) is 19.8. The molecule has 5 nitrogen and oxygen atoms in total. The van der Waals surface area contributed by atoms with Crippen LogP contribution < -0.4 is 0 Å². The number of aromatic amines is 1. The highest BCUT2D eigenvalue weighted by molar-refractivity contribution is 6.30. The van der Waals surface area contributed by atoms with Crippen molar-refractivity contribution in [2.24, 2.45) is 0 Å². The molecule has 0 spiro atoms. The van der Waals surface area contributed by atoms with E-state index < -0.39 is 0 Å². The van der Waals surface area contributed by atoms with E-state index in [1.54, 1.807) is 12.4 Å². The number of fused-ring (bicyclic) bond motifs is 1. The summed E-state index contributed by atoms with van der Waals surface area (Å²) in [6.45, 7) is 0.490. The lowest BCUT2D eigenvalue weighted by atomic mass is 9.96. The van der Waals surface area contributed by atoms with Crippen LogP contribution in [-0.4, -0.2) is 26.0 Å². The second kappa shape index (κ2) is 7.18. The van der Waals surface area contributed by atoms with Gasteiger partial charge in [-0.2, -0.15) is 5.10 Å². The molecule has 29 heavy (non-hydrogen) atoms. The number of carbonyl (C=O) groups is 1. The lowest BCUT2D eigenvalue weighted by Gasteiger charge is -2.26. The summed E-state index contributed by atoms with van der Waals surface area (Å²) in [6.07, 6.45) is 3.49. The Labute approximate surface area is 173 Å². The van der Waals surface area contributed by atoms with Gasteiger partial charge in [0.1, 0.15) is 5.69 Å². The molecular formula is C23H17ClN4O. The quantitative estimate of drug-likeness (QED) is 0.531. The minimum Gasteiger partial charge on any atom is -0.322 e. The largest absolute Gasteiger partial charge is 0.322 e. The van der Waals surface area contributed by atoms with Gasteiger partial charge in [0.05, 0.1) is 11.7 Å². The molecule has 5 rings (SSSR count). The first-order valence-electron chi connectivity index (χ1n) is 9.31. The van der Waals surface area contributed by atoms with Crippen molar-refractivity contribution in [1.29, 1.82) is 0 Å². The Bertz CT molecular complexity index is 1160. The number of pyridine rings is 1. The number of aromatic nitrogens is 3. The van der Waals surface area contributed by atoms with E-state index in [2.05, 4.69) is 15.2 Å². The summed E-state index contributed by atoms with van der Waals surface area (Å²) in [6, 6.07) is 21.2. The molecule has 1 N–H and O–H groups in total. The summed E-state index contributed by atoms with van der Waals surface area (Å²) in [4.78, 5) is 19.3. The number of nitrogens with one attached hydrogen (secondary N) is 1. The molecule has 0 fully saturated rings. The lowest BCUT2D eigenvalue weighted by molar-refractivity contribution is 0.0730.